The van der Waals surface area contributed by atoms with Crippen LogP contribution in [0.1, 0.15) is 37.0 Å². The molecule has 0 saturated carbocycles. The molecule has 0 unspecified atom stereocenters. The van der Waals surface area contributed by atoms with Crippen molar-refractivity contribution in [1.82, 2.24) is 9.55 Å². The van der Waals surface area contributed by atoms with Crippen molar-refractivity contribution in [2.75, 3.05) is 5.32 Å². The molecular weight excluding hydrogens is 382 g/mol. The third-order valence-corrected chi connectivity index (χ3v) is 5.94. The quantitative estimate of drug-likeness (QED) is 0.467. The molecule has 3 rings (SSSR count). The van der Waals surface area contributed by atoms with Crippen LogP contribution in [-0.2, 0) is 11.3 Å². The first-order valence-electron chi connectivity index (χ1n) is 9.86. The summed E-state index contributed by atoms with van der Waals surface area (Å²) < 4.78 is 1.68. The first kappa shape index (κ1) is 21.1. The Hall–Kier alpha value is -2.60. The third kappa shape index (κ3) is 4.53. The van der Waals surface area contributed by atoms with Gasteiger partial charge in [-0.05, 0) is 57.4 Å². The SMILES string of the molecule is CCCn1c(S[C@@H](C)C(=O)Nc2c(C)cc(C)cc2C)nc2ccccc2c1=O. The van der Waals surface area contributed by atoms with Crippen molar-refractivity contribution >= 4 is 34.3 Å². The molecule has 1 heterocycles. The van der Waals surface area contributed by atoms with Gasteiger partial charge in [-0.1, -0.05) is 48.5 Å². The van der Waals surface area contributed by atoms with Gasteiger partial charge in [-0.25, -0.2) is 4.98 Å². The molecule has 1 atom stereocenters. The van der Waals surface area contributed by atoms with Gasteiger partial charge in [0.25, 0.3) is 5.56 Å². The number of fused-ring (bicyclic) bond motifs is 1. The Kier molecular flexibility index (Phi) is 6.42. The van der Waals surface area contributed by atoms with Gasteiger partial charge in [-0.3, -0.25) is 14.2 Å². The van der Waals surface area contributed by atoms with Gasteiger partial charge >= 0.3 is 0 Å². The molecule has 5 nitrogen and oxygen atoms in total. The number of rotatable bonds is 6. The van der Waals surface area contributed by atoms with E-state index in [1.165, 1.54) is 17.3 Å². The average molecular weight is 410 g/mol. The number of amides is 1. The molecule has 3 aromatic rings. The summed E-state index contributed by atoms with van der Waals surface area (Å²) in [6.07, 6.45) is 0.815. The smallest absolute Gasteiger partial charge is 0.262 e. The molecule has 6 heteroatoms. The number of nitrogens with zero attached hydrogens (tertiary/aromatic N) is 2. The number of hydrogen-bond acceptors (Lipinski definition) is 4. The van der Waals surface area contributed by atoms with E-state index in [9.17, 15) is 9.59 Å². The van der Waals surface area contributed by atoms with E-state index in [4.69, 9.17) is 0 Å². The van der Waals surface area contributed by atoms with Crippen LogP contribution in [0.15, 0.2) is 46.3 Å². The Morgan fingerprint density at radius 1 is 1.17 bits per heavy atom. The molecule has 29 heavy (non-hydrogen) atoms. The van der Waals surface area contributed by atoms with Crippen LogP contribution in [0.5, 0.6) is 0 Å². The van der Waals surface area contributed by atoms with Gasteiger partial charge in [0, 0.05) is 12.2 Å². The Labute approximate surface area is 175 Å². The minimum absolute atomic E-state index is 0.0576. The molecule has 0 radical (unpaired) electrons. The predicted molar refractivity (Wildman–Crippen MR) is 121 cm³/mol. The van der Waals surface area contributed by atoms with Crippen molar-refractivity contribution in [1.29, 1.82) is 0 Å². The van der Waals surface area contributed by atoms with Gasteiger partial charge < -0.3 is 5.32 Å². The van der Waals surface area contributed by atoms with E-state index in [1.807, 2.05) is 52.8 Å². The molecular formula is C23H27N3O2S. The first-order valence-corrected chi connectivity index (χ1v) is 10.7. The largest absolute Gasteiger partial charge is 0.325 e. The molecule has 0 bridgehead atoms. The second kappa shape index (κ2) is 8.82. The van der Waals surface area contributed by atoms with E-state index in [2.05, 4.69) is 22.4 Å². The van der Waals surface area contributed by atoms with Gasteiger partial charge in [0.15, 0.2) is 5.16 Å². The maximum absolute atomic E-state index is 12.9. The second-order valence-corrected chi connectivity index (χ2v) is 8.70. The van der Waals surface area contributed by atoms with Crippen LogP contribution in [0.2, 0.25) is 0 Å². The summed E-state index contributed by atoms with van der Waals surface area (Å²) in [5.74, 6) is -0.101. The number of aromatic nitrogens is 2. The molecule has 0 aliphatic heterocycles. The molecule has 0 spiro atoms. The first-order chi connectivity index (χ1) is 13.8. The van der Waals surface area contributed by atoms with Crippen LogP contribution in [0.4, 0.5) is 5.69 Å². The molecule has 1 N–H and O–H groups in total. The maximum atomic E-state index is 12.9. The number of hydrogen-bond donors (Lipinski definition) is 1. The molecule has 0 aliphatic rings. The number of nitrogens with one attached hydrogen (secondary N) is 1. The lowest BCUT2D eigenvalue weighted by Gasteiger charge is -2.18. The summed E-state index contributed by atoms with van der Waals surface area (Å²) in [4.78, 5) is 30.5. The lowest BCUT2D eigenvalue weighted by Crippen LogP contribution is -2.27. The van der Waals surface area contributed by atoms with Crippen LogP contribution in [0, 0.1) is 20.8 Å². The fraction of sp³-hybridized carbons (Fsp3) is 0.348. The predicted octanol–water partition coefficient (Wildman–Crippen LogP) is 4.85. The highest BCUT2D eigenvalue weighted by Gasteiger charge is 2.20. The highest BCUT2D eigenvalue weighted by atomic mass is 32.2. The lowest BCUT2D eigenvalue weighted by atomic mass is 10.1. The summed E-state index contributed by atoms with van der Waals surface area (Å²) in [7, 11) is 0. The van der Waals surface area contributed by atoms with Gasteiger partial charge in [0.1, 0.15) is 0 Å². The fourth-order valence-corrected chi connectivity index (χ4v) is 4.41. The number of carbonyl (C=O) groups excluding carboxylic acids is 1. The summed E-state index contributed by atoms with van der Waals surface area (Å²) in [5, 5.41) is 3.84. The van der Waals surface area contributed by atoms with Crippen LogP contribution in [0.3, 0.4) is 0 Å². The molecule has 1 aromatic heterocycles. The molecule has 1 amide bonds. The van der Waals surface area contributed by atoms with Crippen molar-refractivity contribution in [2.24, 2.45) is 0 Å². The van der Waals surface area contributed by atoms with E-state index in [1.54, 1.807) is 10.6 Å². The number of carbonyl (C=O) groups is 1. The molecule has 0 saturated heterocycles. The van der Waals surface area contributed by atoms with Crippen LogP contribution in [0.25, 0.3) is 10.9 Å². The number of benzene rings is 2. The third-order valence-electron chi connectivity index (χ3n) is 4.85. The van der Waals surface area contributed by atoms with Crippen LogP contribution in [-0.4, -0.2) is 20.7 Å². The minimum atomic E-state index is -0.397. The van der Waals surface area contributed by atoms with E-state index in [0.29, 0.717) is 22.6 Å². The normalized spacial score (nSPS) is 12.2. The molecule has 152 valence electrons. The van der Waals surface area contributed by atoms with Crippen LogP contribution < -0.4 is 10.9 Å². The zero-order valence-electron chi connectivity index (χ0n) is 17.6. The van der Waals surface area contributed by atoms with E-state index in [0.717, 1.165) is 23.2 Å². The summed E-state index contributed by atoms with van der Waals surface area (Å²) in [6, 6.07) is 11.5. The zero-order valence-corrected chi connectivity index (χ0v) is 18.4. The van der Waals surface area contributed by atoms with Crippen molar-refractivity contribution in [3.05, 3.63) is 63.4 Å². The maximum Gasteiger partial charge on any atom is 0.262 e. The monoisotopic (exact) mass is 409 g/mol. The van der Waals surface area contributed by atoms with E-state index >= 15 is 0 Å². The van der Waals surface area contributed by atoms with Crippen molar-refractivity contribution in [3.63, 3.8) is 0 Å². The number of aryl methyl sites for hydroxylation is 3. The Morgan fingerprint density at radius 3 is 2.48 bits per heavy atom. The van der Waals surface area contributed by atoms with Crippen LogP contribution >= 0.6 is 11.8 Å². The van der Waals surface area contributed by atoms with Crippen molar-refractivity contribution in [2.45, 2.75) is 58.0 Å². The second-order valence-electron chi connectivity index (χ2n) is 7.39. The summed E-state index contributed by atoms with van der Waals surface area (Å²) in [6.45, 7) is 10.5. The lowest BCUT2D eigenvalue weighted by molar-refractivity contribution is -0.115. The highest BCUT2D eigenvalue weighted by Crippen LogP contribution is 2.26. The Bertz CT molecular complexity index is 1100. The minimum Gasteiger partial charge on any atom is -0.325 e. The number of para-hydroxylation sites is 1. The zero-order chi connectivity index (χ0) is 21.1. The van der Waals surface area contributed by atoms with E-state index in [-0.39, 0.29) is 11.5 Å². The highest BCUT2D eigenvalue weighted by molar-refractivity contribution is 8.00. The van der Waals surface area contributed by atoms with Crippen molar-refractivity contribution < 1.29 is 4.79 Å². The van der Waals surface area contributed by atoms with Gasteiger partial charge in [-0.2, -0.15) is 0 Å². The fourth-order valence-electron chi connectivity index (χ4n) is 3.47. The standard InChI is InChI=1S/C23H27N3O2S/c1-6-11-26-22(28)18-9-7-8-10-19(18)24-23(26)29-17(5)21(27)25-20-15(3)12-14(2)13-16(20)4/h7-10,12-13,17H,6,11H2,1-5H3,(H,25,27)/t17-/m0/s1. The van der Waals surface area contributed by atoms with Crippen molar-refractivity contribution in [3.8, 4) is 0 Å². The van der Waals surface area contributed by atoms with Gasteiger partial charge in [-0.15, -0.1) is 0 Å². The van der Waals surface area contributed by atoms with E-state index < -0.39 is 5.25 Å². The average Bonchev–Trinajstić information content (AvgIpc) is 2.67. The number of anilines is 1. The molecule has 0 fully saturated rings. The Morgan fingerprint density at radius 2 is 1.83 bits per heavy atom. The van der Waals surface area contributed by atoms with Gasteiger partial charge in [0.2, 0.25) is 5.91 Å². The van der Waals surface area contributed by atoms with Gasteiger partial charge in [0.05, 0.1) is 16.2 Å². The number of thioether (sulfide) groups is 1. The Balaban J connectivity index is 1.89. The summed E-state index contributed by atoms with van der Waals surface area (Å²) >= 11 is 1.32. The molecule has 0 aliphatic carbocycles. The topological polar surface area (TPSA) is 64.0 Å². The molecule has 2 aromatic carbocycles. The summed E-state index contributed by atoms with van der Waals surface area (Å²) in [5.41, 5.74) is 4.71.